The predicted molar refractivity (Wildman–Crippen MR) is 133 cm³/mol. The Hall–Kier alpha value is -3.79. The van der Waals surface area contributed by atoms with Gasteiger partial charge in [-0.05, 0) is 31.0 Å². The van der Waals surface area contributed by atoms with Crippen LogP contribution < -0.4 is 19.5 Å². The van der Waals surface area contributed by atoms with E-state index in [4.69, 9.17) is 18.7 Å². The molecule has 0 bridgehead atoms. The Morgan fingerprint density at radius 3 is 2.44 bits per heavy atom. The third-order valence-corrected chi connectivity index (χ3v) is 5.73. The SMILES string of the molecule is COc1cc2nn(C)c(Oc3ccc(NC(O)CCc4cc(C(C)(C)C)on4)cc3F)c2cc1OC. The van der Waals surface area contributed by atoms with Crippen molar-refractivity contribution in [1.29, 1.82) is 0 Å². The van der Waals surface area contributed by atoms with E-state index in [0.717, 1.165) is 11.5 Å². The number of halogens is 1. The average Bonchev–Trinajstić information content (AvgIpc) is 3.43. The van der Waals surface area contributed by atoms with Crippen molar-refractivity contribution in [2.45, 2.75) is 45.3 Å². The minimum Gasteiger partial charge on any atom is -0.493 e. The van der Waals surface area contributed by atoms with E-state index in [0.29, 0.717) is 46.8 Å². The van der Waals surface area contributed by atoms with Crippen LogP contribution in [0.2, 0.25) is 0 Å². The van der Waals surface area contributed by atoms with Crippen LogP contribution in [-0.4, -0.2) is 40.5 Å². The monoisotopic (exact) mass is 498 g/mol. The lowest BCUT2D eigenvalue weighted by molar-refractivity contribution is 0.192. The van der Waals surface area contributed by atoms with Gasteiger partial charge in [0.25, 0.3) is 0 Å². The van der Waals surface area contributed by atoms with Gasteiger partial charge in [-0.1, -0.05) is 25.9 Å². The van der Waals surface area contributed by atoms with Gasteiger partial charge in [-0.2, -0.15) is 5.10 Å². The van der Waals surface area contributed by atoms with Crippen molar-refractivity contribution in [2.24, 2.45) is 7.05 Å². The second-order valence-corrected chi connectivity index (χ2v) is 9.53. The lowest BCUT2D eigenvalue weighted by Crippen LogP contribution is -2.19. The third-order valence-electron chi connectivity index (χ3n) is 5.73. The van der Waals surface area contributed by atoms with Crippen molar-refractivity contribution in [3.63, 3.8) is 0 Å². The summed E-state index contributed by atoms with van der Waals surface area (Å²) in [6.45, 7) is 6.13. The summed E-state index contributed by atoms with van der Waals surface area (Å²) in [5.41, 5.74) is 1.66. The second kappa shape index (κ2) is 10.1. The van der Waals surface area contributed by atoms with Crippen LogP contribution in [0, 0.1) is 5.82 Å². The highest BCUT2D eigenvalue weighted by Crippen LogP contribution is 2.38. The lowest BCUT2D eigenvalue weighted by Gasteiger charge is -2.15. The van der Waals surface area contributed by atoms with Gasteiger partial charge in [0.15, 0.2) is 23.1 Å². The van der Waals surface area contributed by atoms with E-state index in [1.165, 1.54) is 23.9 Å². The number of aryl methyl sites for hydroxylation is 2. The maximum Gasteiger partial charge on any atom is 0.225 e. The van der Waals surface area contributed by atoms with E-state index in [-0.39, 0.29) is 11.2 Å². The topological polar surface area (TPSA) is 104 Å². The van der Waals surface area contributed by atoms with Gasteiger partial charge in [-0.25, -0.2) is 9.07 Å². The molecule has 2 aromatic carbocycles. The molecule has 0 spiro atoms. The zero-order valence-corrected chi connectivity index (χ0v) is 21.3. The molecule has 0 aliphatic heterocycles. The molecule has 2 N–H and O–H groups in total. The quantitative estimate of drug-likeness (QED) is 0.305. The van der Waals surface area contributed by atoms with E-state index >= 15 is 0 Å². The first-order valence-electron chi connectivity index (χ1n) is 11.6. The number of anilines is 1. The number of aliphatic hydroxyl groups excluding tert-OH is 1. The van der Waals surface area contributed by atoms with Crippen molar-refractivity contribution in [2.75, 3.05) is 19.5 Å². The van der Waals surface area contributed by atoms with Gasteiger partial charge >= 0.3 is 0 Å². The Labute approximate surface area is 208 Å². The molecule has 0 amide bonds. The summed E-state index contributed by atoms with van der Waals surface area (Å²) < 4.78 is 38.4. The van der Waals surface area contributed by atoms with Gasteiger partial charge in [-0.15, -0.1) is 0 Å². The molecule has 10 heteroatoms. The second-order valence-electron chi connectivity index (χ2n) is 9.53. The molecule has 36 heavy (non-hydrogen) atoms. The van der Waals surface area contributed by atoms with Crippen molar-refractivity contribution >= 4 is 16.6 Å². The normalized spacial score (nSPS) is 12.6. The van der Waals surface area contributed by atoms with Crippen LogP contribution in [0.1, 0.15) is 38.6 Å². The van der Waals surface area contributed by atoms with Crippen LogP contribution in [0.15, 0.2) is 40.9 Å². The number of aliphatic hydroxyl groups is 1. The highest BCUT2D eigenvalue weighted by molar-refractivity contribution is 5.88. The molecule has 0 radical (unpaired) electrons. The fraction of sp³-hybridized carbons (Fsp3) is 0.385. The summed E-state index contributed by atoms with van der Waals surface area (Å²) in [7, 11) is 4.79. The highest BCUT2D eigenvalue weighted by Gasteiger charge is 2.20. The van der Waals surface area contributed by atoms with E-state index in [9.17, 15) is 9.50 Å². The molecule has 2 heterocycles. The molecule has 0 fully saturated rings. The van der Waals surface area contributed by atoms with E-state index in [1.54, 1.807) is 32.4 Å². The highest BCUT2D eigenvalue weighted by atomic mass is 19.1. The van der Waals surface area contributed by atoms with Gasteiger partial charge < -0.3 is 29.2 Å². The van der Waals surface area contributed by atoms with Gasteiger partial charge in [-0.3, -0.25) is 0 Å². The summed E-state index contributed by atoms with van der Waals surface area (Å²) in [6.07, 6.45) is -0.00365. The molecule has 2 aromatic heterocycles. The van der Waals surface area contributed by atoms with Gasteiger partial charge in [0.05, 0.1) is 25.3 Å². The summed E-state index contributed by atoms with van der Waals surface area (Å²) >= 11 is 0. The molecule has 1 unspecified atom stereocenters. The van der Waals surface area contributed by atoms with E-state index in [1.807, 2.05) is 26.8 Å². The number of rotatable bonds is 9. The van der Waals surface area contributed by atoms with E-state index < -0.39 is 12.0 Å². The molecule has 192 valence electrons. The van der Waals surface area contributed by atoms with Crippen LogP contribution in [-0.2, 0) is 18.9 Å². The van der Waals surface area contributed by atoms with Crippen LogP contribution >= 0.6 is 0 Å². The van der Waals surface area contributed by atoms with Crippen LogP contribution in [0.4, 0.5) is 10.1 Å². The summed E-state index contributed by atoms with van der Waals surface area (Å²) in [5, 5.41) is 22.4. The lowest BCUT2D eigenvalue weighted by atomic mass is 9.93. The number of nitrogens with zero attached hydrogens (tertiary/aromatic N) is 3. The van der Waals surface area contributed by atoms with Crippen molar-refractivity contribution in [1.82, 2.24) is 14.9 Å². The number of nitrogens with one attached hydrogen (secondary N) is 1. The number of benzene rings is 2. The van der Waals surface area contributed by atoms with Gasteiger partial charge in [0.1, 0.15) is 17.5 Å². The largest absolute Gasteiger partial charge is 0.493 e. The zero-order valence-electron chi connectivity index (χ0n) is 21.3. The molecule has 4 aromatic rings. The molecule has 4 rings (SSSR count). The molecule has 9 nitrogen and oxygen atoms in total. The number of hydrogen-bond acceptors (Lipinski definition) is 8. The van der Waals surface area contributed by atoms with E-state index in [2.05, 4.69) is 15.6 Å². The molecular weight excluding hydrogens is 467 g/mol. The maximum absolute atomic E-state index is 14.9. The minimum absolute atomic E-state index is 0.0204. The number of aromatic nitrogens is 3. The minimum atomic E-state index is -0.894. The summed E-state index contributed by atoms with van der Waals surface area (Å²) in [4.78, 5) is 0. The number of fused-ring (bicyclic) bond motifs is 1. The maximum atomic E-state index is 14.9. The van der Waals surface area contributed by atoms with Gasteiger partial charge in [0.2, 0.25) is 5.88 Å². The van der Waals surface area contributed by atoms with Gasteiger partial charge in [0, 0.05) is 36.3 Å². The smallest absolute Gasteiger partial charge is 0.225 e. The molecule has 0 aliphatic carbocycles. The van der Waals surface area contributed by atoms with Crippen LogP contribution in [0.25, 0.3) is 10.9 Å². The fourth-order valence-corrected chi connectivity index (χ4v) is 3.73. The zero-order chi connectivity index (χ0) is 26.0. The van der Waals surface area contributed by atoms with Crippen molar-refractivity contribution in [3.05, 3.63) is 53.7 Å². The molecule has 0 saturated carbocycles. The Balaban J connectivity index is 1.43. The first kappa shape index (κ1) is 25.3. The number of hydrogen-bond donors (Lipinski definition) is 2. The van der Waals surface area contributed by atoms with Crippen LogP contribution in [0.5, 0.6) is 23.1 Å². The first-order chi connectivity index (χ1) is 17.1. The molecule has 1 atom stereocenters. The molecule has 0 saturated heterocycles. The Morgan fingerprint density at radius 2 is 1.81 bits per heavy atom. The third kappa shape index (κ3) is 5.38. The fourth-order valence-electron chi connectivity index (χ4n) is 3.73. The number of methoxy groups -OCH3 is 2. The Bertz CT molecular complexity index is 1360. The predicted octanol–water partition coefficient (Wildman–Crippen LogP) is 5.17. The standard InChI is InChI=1S/C26H31FN4O5/c1-26(2,3)23-12-16(30-36-23)8-10-24(32)28-15-7-9-20(18(27)11-15)35-25-17-13-21(33-5)22(34-6)14-19(17)29-31(25)4/h7,9,11-14,24,28,32H,8,10H2,1-6H3. The summed E-state index contributed by atoms with van der Waals surface area (Å²) in [5.74, 6) is 1.62. The number of ether oxygens (including phenoxy) is 3. The molecule has 0 aliphatic rings. The molecular formula is C26H31FN4O5. The Morgan fingerprint density at radius 1 is 1.08 bits per heavy atom. The van der Waals surface area contributed by atoms with Crippen molar-refractivity contribution in [3.8, 4) is 23.1 Å². The van der Waals surface area contributed by atoms with Crippen LogP contribution in [0.3, 0.4) is 0 Å². The summed E-state index contributed by atoms with van der Waals surface area (Å²) in [6, 6.07) is 9.77. The Kier molecular flexibility index (Phi) is 7.07. The average molecular weight is 499 g/mol. The van der Waals surface area contributed by atoms with Crippen molar-refractivity contribution < 1.29 is 28.2 Å². The first-order valence-corrected chi connectivity index (χ1v) is 11.6.